The van der Waals surface area contributed by atoms with Gasteiger partial charge in [0.05, 0.1) is 14.2 Å². The highest BCUT2D eigenvalue weighted by Gasteiger charge is 2.25. The SMILES string of the molecule is COc1ccc(Nc2c(F)c(C#N)c(C#N)c(F)c2OC)cc1. The zero-order chi connectivity index (χ0) is 17.0. The van der Waals surface area contributed by atoms with Crippen molar-refractivity contribution in [1.82, 2.24) is 0 Å². The Kier molecular flexibility index (Phi) is 4.63. The lowest BCUT2D eigenvalue weighted by atomic mass is 10.1. The van der Waals surface area contributed by atoms with Crippen molar-refractivity contribution in [3.8, 4) is 23.6 Å². The highest BCUT2D eigenvalue weighted by atomic mass is 19.1. The second kappa shape index (κ2) is 6.63. The standard InChI is InChI=1S/C16H11F2N3O2/c1-22-10-5-3-9(4-6-10)21-15-13(17)11(7-19)12(8-20)14(18)16(15)23-2/h3-6,21H,1-2H3. The normalized spacial score (nSPS) is 9.65. The summed E-state index contributed by atoms with van der Waals surface area (Å²) in [4.78, 5) is 0. The van der Waals surface area contributed by atoms with Crippen LogP contribution >= 0.6 is 0 Å². The van der Waals surface area contributed by atoms with E-state index in [1.807, 2.05) is 0 Å². The lowest BCUT2D eigenvalue weighted by Crippen LogP contribution is -2.06. The second-order valence-corrected chi connectivity index (χ2v) is 4.36. The fourth-order valence-corrected chi connectivity index (χ4v) is 2.00. The number of rotatable bonds is 4. The molecule has 0 aromatic heterocycles. The van der Waals surface area contributed by atoms with Gasteiger partial charge in [-0.1, -0.05) is 0 Å². The Labute approximate surface area is 131 Å². The first kappa shape index (κ1) is 16.1. The Balaban J connectivity index is 2.59. The summed E-state index contributed by atoms with van der Waals surface area (Å²) in [6.07, 6.45) is 0. The fraction of sp³-hybridized carbons (Fsp3) is 0.125. The molecule has 0 radical (unpaired) electrons. The van der Waals surface area contributed by atoms with Crippen LogP contribution in [-0.2, 0) is 0 Å². The summed E-state index contributed by atoms with van der Waals surface area (Å²) >= 11 is 0. The maximum absolute atomic E-state index is 14.5. The fourth-order valence-electron chi connectivity index (χ4n) is 2.00. The summed E-state index contributed by atoms with van der Waals surface area (Å²) in [6.45, 7) is 0. The molecule has 0 fully saturated rings. The zero-order valence-electron chi connectivity index (χ0n) is 12.3. The van der Waals surface area contributed by atoms with E-state index in [1.54, 1.807) is 24.3 Å². The molecule has 0 aliphatic heterocycles. The molecule has 0 bridgehead atoms. The summed E-state index contributed by atoms with van der Waals surface area (Å²) in [5.41, 5.74) is -1.30. The molecule has 5 nitrogen and oxygen atoms in total. The Morgan fingerprint density at radius 1 is 0.913 bits per heavy atom. The highest BCUT2D eigenvalue weighted by molar-refractivity contribution is 5.72. The third-order valence-corrected chi connectivity index (χ3v) is 3.12. The van der Waals surface area contributed by atoms with Gasteiger partial charge in [0.2, 0.25) is 0 Å². The van der Waals surface area contributed by atoms with E-state index in [4.69, 9.17) is 20.0 Å². The van der Waals surface area contributed by atoms with E-state index < -0.39 is 28.5 Å². The Hall–Kier alpha value is -3.32. The number of anilines is 2. The molecule has 2 rings (SSSR count). The van der Waals surface area contributed by atoms with Gasteiger partial charge in [-0.3, -0.25) is 0 Å². The molecule has 0 heterocycles. The van der Waals surface area contributed by atoms with Crippen LogP contribution in [0, 0.1) is 34.3 Å². The predicted octanol–water partition coefficient (Wildman–Crippen LogP) is 3.47. The van der Waals surface area contributed by atoms with Crippen LogP contribution in [0.5, 0.6) is 11.5 Å². The van der Waals surface area contributed by atoms with Gasteiger partial charge in [0.25, 0.3) is 0 Å². The minimum atomic E-state index is -1.09. The third kappa shape index (κ3) is 2.85. The van der Waals surface area contributed by atoms with Gasteiger partial charge in [-0.2, -0.15) is 10.5 Å². The zero-order valence-corrected chi connectivity index (χ0v) is 12.3. The van der Waals surface area contributed by atoms with Crippen LogP contribution in [0.3, 0.4) is 0 Å². The topological polar surface area (TPSA) is 78.1 Å². The van der Waals surface area contributed by atoms with Crippen LogP contribution in [0.15, 0.2) is 24.3 Å². The molecule has 1 N–H and O–H groups in total. The van der Waals surface area contributed by atoms with Gasteiger partial charge >= 0.3 is 0 Å². The lowest BCUT2D eigenvalue weighted by Gasteiger charge is -2.15. The number of methoxy groups -OCH3 is 2. The molecule has 2 aromatic rings. The van der Waals surface area contributed by atoms with Crippen molar-refractivity contribution >= 4 is 11.4 Å². The first-order chi connectivity index (χ1) is 11.1. The number of hydrogen-bond donors (Lipinski definition) is 1. The monoisotopic (exact) mass is 315 g/mol. The van der Waals surface area contributed by atoms with Gasteiger partial charge in [-0.05, 0) is 24.3 Å². The van der Waals surface area contributed by atoms with Crippen LogP contribution in [0.2, 0.25) is 0 Å². The van der Waals surface area contributed by atoms with Crippen LogP contribution in [0.4, 0.5) is 20.2 Å². The van der Waals surface area contributed by atoms with E-state index in [2.05, 4.69) is 5.32 Å². The minimum Gasteiger partial charge on any atom is -0.497 e. The average molecular weight is 315 g/mol. The summed E-state index contributed by atoms with van der Waals surface area (Å²) < 4.78 is 38.6. The van der Waals surface area contributed by atoms with Gasteiger partial charge in [0.1, 0.15) is 34.7 Å². The molecule has 0 saturated heterocycles. The summed E-state index contributed by atoms with van der Waals surface area (Å²) in [5, 5.41) is 20.6. The largest absolute Gasteiger partial charge is 0.497 e. The van der Waals surface area contributed by atoms with Gasteiger partial charge in [-0.15, -0.1) is 0 Å². The second-order valence-electron chi connectivity index (χ2n) is 4.36. The first-order valence-electron chi connectivity index (χ1n) is 6.37. The molecule has 0 aliphatic carbocycles. The highest BCUT2D eigenvalue weighted by Crippen LogP contribution is 2.37. The molecule has 23 heavy (non-hydrogen) atoms. The van der Waals surface area contributed by atoms with Crippen LogP contribution in [0.25, 0.3) is 0 Å². The van der Waals surface area contributed by atoms with E-state index in [0.717, 1.165) is 7.11 Å². The van der Waals surface area contributed by atoms with E-state index in [-0.39, 0.29) is 5.69 Å². The van der Waals surface area contributed by atoms with Crippen molar-refractivity contribution in [3.05, 3.63) is 47.0 Å². The molecule has 116 valence electrons. The van der Waals surface area contributed by atoms with Crippen molar-refractivity contribution in [2.75, 3.05) is 19.5 Å². The van der Waals surface area contributed by atoms with Gasteiger partial charge in [0, 0.05) is 5.69 Å². The molecule has 7 heteroatoms. The molecule has 0 unspecified atom stereocenters. The lowest BCUT2D eigenvalue weighted by molar-refractivity contribution is 0.384. The first-order valence-corrected chi connectivity index (χ1v) is 6.37. The van der Waals surface area contributed by atoms with Crippen LogP contribution in [-0.4, -0.2) is 14.2 Å². The Morgan fingerprint density at radius 3 is 1.96 bits per heavy atom. The number of nitriles is 2. The van der Waals surface area contributed by atoms with E-state index in [9.17, 15) is 8.78 Å². The van der Waals surface area contributed by atoms with E-state index >= 15 is 0 Å². The van der Waals surface area contributed by atoms with E-state index in [0.29, 0.717) is 11.4 Å². The Bertz CT molecular complexity index is 818. The van der Waals surface area contributed by atoms with Crippen molar-refractivity contribution in [2.24, 2.45) is 0 Å². The van der Waals surface area contributed by atoms with Gasteiger partial charge < -0.3 is 14.8 Å². The Morgan fingerprint density at radius 2 is 1.48 bits per heavy atom. The van der Waals surface area contributed by atoms with Gasteiger partial charge in [0.15, 0.2) is 17.4 Å². The quantitative estimate of drug-likeness (QED) is 0.934. The molecule has 0 spiro atoms. The van der Waals surface area contributed by atoms with Crippen molar-refractivity contribution < 1.29 is 18.3 Å². The molecule has 0 saturated carbocycles. The van der Waals surface area contributed by atoms with E-state index in [1.165, 1.54) is 19.2 Å². The molecule has 2 aromatic carbocycles. The summed E-state index contributed by atoms with van der Waals surface area (Å²) in [6, 6.07) is 9.39. The molecule has 0 aliphatic rings. The molecule has 0 atom stereocenters. The number of halogens is 2. The van der Waals surface area contributed by atoms with Crippen molar-refractivity contribution in [3.63, 3.8) is 0 Å². The van der Waals surface area contributed by atoms with Gasteiger partial charge in [-0.25, -0.2) is 8.78 Å². The maximum atomic E-state index is 14.5. The number of hydrogen-bond acceptors (Lipinski definition) is 5. The predicted molar refractivity (Wildman–Crippen MR) is 78.6 cm³/mol. The number of benzene rings is 2. The van der Waals surface area contributed by atoms with Crippen LogP contribution < -0.4 is 14.8 Å². The molecular weight excluding hydrogens is 304 g/mol. The van der Waals surface area contributed by atoms with Crippen LogP contribution in [0.1, 0.15) is 11.1 Å². The summed E-state index contributed by atoms with van der Waals surface area (Å²) in [5.74, 6) is -2.04. The van der Waals surface area contributed by atoms with Crippen molar-refractivity contribution in [1.29, 1.82) is 10.5 Å². The van der Waals surface area contributed by atoms with Crippen molar-refractivity contribution in [2.45, 2.75) is 0 Å². The smallest absolute Gasteiger partial charge is 0.186 e. The number of nitrogens with zero attached hydrogens (tertiary/aromatic N) is 2. The average Bonchev–Trinajstić information content (AvgIpc) is 2.58. The summed E-state index contributed by atoms with van der Waals surface area (Å²) in [7, 11) is 2.64. The third-order valence-electron chi connectivity index (χ3n) is 3.12. The number of nitrogens with one attached hydrogen (secondary N) is 1. The molecular formula is C16H11F2N3O2. The number of ether oxygens (including phenoxy) is 2. The maximum Gasteiger partial charge on any atom is 0.186 e. The minimum absolute atomic E-state index is 0.356. The molecule has 0 amide bonds.